The second kappa shape index (κ2) is 11.3. The molecule has 0 fully saturated rings. The van der Waals surface area contributed by atoms with Gasteiger partial charge in [-0.15, -0.1) is 0 Å². The fourth-order valence-electron chi connectivity index (χ4n) is 4.25. The molecule has 0 spiro atoms. The van der Waals surface area contributed by atoms with Gasteiger partial charge in [-0.2, -0.15) is 5.26 Å². The van der Waals surface area contributed by atoms with Crippen molar-refractivity contribution >= 4 is 11.9 Å². The molecule has 1 heterocycles. The molecule has 7 heteroatoms. The van der Waals surface area contributed by atoms with Crippen molar-refractivity contribution in [1.29, 1.82) is 5.26 Å². The van der Waals surface area contributed by atoms with Crippen molar-refractivity contribution in [1.82, 2.24) is 9.88 Å². The number of rotatable bonds is 8. The first-order valence-corrected chi connectivity index (χ1v) is 11.2. The van der Waals surface area contributed by atoms with Gasteiger partial charge >= 0.3 is 5.97 Å². The Morgan fingerprint density at radius 1 is 1.09 bits per heavy atom. The Hall–Kier alpha value is -3.40. The molecule has 1 aliphatic rings. The van der Waals surface area contributed by atoms with Gasteiger partial charge in [-0.1, -0.05) is 43.2 Å². The van der Waals surface area contributed by atoms with Gasteiger partial charge in [0.1, 0.15) is 5.56 Å². The number of carbonyl (C=O) groups is 2. The zero-order chi connectivity index (χ0) is 22.9. The number of carboxylic acids is 1. The van der Waals surface area contributed by atoms with Crippen LogP contribution in [0.25, 0.3) is 0 Å². The van der Waals surface area contributed by atoms with Crippen LogP contribution in [-0.2, 0) is 24.2 Å². The summed E-state index contributed by atoms with van der Waals surface area (Å²) in [6, 6.07) is 11.0. The molecule has 0 aliphatic heterocycles. The Morgan fingerprint density at radius 2 is 1.81 bits per heavy atom. The molecule has 168 valence electrons. The second-order valence-corrected chi connectivity index (χ2v) is 8.17. The van der Waals surface area contributed by atoms with E-state index in [2.05, 4.69) is 11.4 Å². The van der Waals surface area contributed by atoms with Gasteiger partial charge in [-0.05, 0) is 55.7 Å². The van der Waals surface area contributed by atoms with Crippen LogP contribution in [0.4, 0.5) is 0 Å². The number of amides is 1. The fourth-order valence-corrected chi connectivity index (χ4v) is 4.25. The van der Waals surface area contributed by atoms with Crippen molar-refractivity contribution in [2.75, 3.05) is 0 Å². The zero-order valence-corrected chi connectivity index (χ0v) is 18.2. The summed E-state index contributed by atoms with van der Waals surface area (Å²) in [7, 11) is 0. The number of pyridine rings is 1. The van der Waals surface area contributed by atoms with Crippen LogP contribution in [0.3, 0.4) is 0 Å². The third-order valence-corrected chi connectivity index (χ3v) is 5.92. The minimum atomic E-state index is -1.24. The number of benzene rings is 1. The van der Waals surface area contributed by atoms with E-state index in [4.69, 9.17) is 5.26 Å². The maximum atomic E-state index is 13.3. The SMILES string of the molecule is N#CCCCCn1c2c(cc(C(=O)NC(C(=O)O)c3ccccc3)c1=O)CCCCCC2. The molecular formula is C25H29N3O4. The molecule has 1 aromatic carbocycles. The number of hydrogen-bond donors (Lipinski definition) is 2. The third-order valence-electron chi connectivity index (χ3n) is 5.92. The van der Waals surface area contributed by atoms with Crippen LogP contribution in [0.15, 0.2) is 41.2 Å². The molecule has 1 unspecified atom stereocenters. The van der Waals surface area contributed by atoms with E-state index >= 15 is 0 Å². The van der Waals surface area contributed by atoms with E-state index < -0.39 is 23.5 Å². The van der Waals surface area contributed by atoms with Gasteiger partial charge in [0.05, 0.1) is 6.07 Å². The summed E-state index contributed by atoms with van der Waals surface area (Å²) in [5.74, 6) is -1.87. The summed E-state index contributed by atoms with van der Waals surface area (Å²) in [5, 5.41) is 21.0. The number of aromatic nitrogens is 1. The van der Waals surface area contributed by atoms with Crippen molar-refractivity contribution in [3.05, 3.63) is 69.1 Å². The monoisotopic (exact) mass is 435 g/mol. The predicted octanol–water partition coefficient (Wildman–Crippen LogP) is 3.76. The lowest BCUT2D eigenvalue weighted by atomic mass is 9.95. The van der Waals surface area contributed by atoms with Crippen molar-refractivity contribution < 1.29 is 14.7 Å². The number of nitrogens with zero attached hydrogens (tertiary/aromatic N) is 2. The van der Waals surface area contributed by atoms with E-state index in [1.807, 2.05) is 0 Å². The van der Waals surface area contributed by atoms with E-state index in [0.29, 0.717) is 31.4 Å². The van der Waals surface area contributed by atoms with E-state index in [9.17, 15) is 19.5 Å². The van der Waals surface area contributed by atoms with E-state index in [-0.39, 0.29) is 5.56 Å². The molecule has 7 nitrogen and oxygen atoms in total. The number of unbranched alkanes of at least 4 members (excludes halogenated alkanes) is 2. The molecule has 2 N–H and O–H groups in total. The largest absolute Gasteiger partial charge is 0.479 e. The summed E-state index contributed by atoms with van der Waals surface area (Å²) in [4.78, 5) is 38.2. The first kappa shape index (κ1) is 23.3. The highest BCUT2D eigenvalue weighted by molar-refractivity contribution is 5.96. The second-order valence-electron chi connectivity index (χ2n) is 8.17. The topological polar surface area (TPSA) is 112 Å². The molecule has 1 atom stereocenters. The quantitative estimate of drug-likeness (QED) is 0.613. The number of aryl methyl sites for hydroxylation is 1. The lowest BCUT2D eigenvalue weighted by Gasteiger charge is -2.22. The molecule has 32 heavy (non-hydrogen) atoms. The summed E-state index contributed by atoms with van der Waals surface area (Å²) >= 11 is 0. The third kappa shape index (κ3) is 5.64. The summed E-state index contributed by atoms with van der Waals surface area (Å²) in [6.07, 6.45) is 7.55. The maximum absolute atomic E-state index is 13.3. The number of fused-ring (bicyclic) bond motifs is 1. The number of carbonyl (C=O) groups excluding carboxylic acids is 1. The molecule has 2 aromatic rings. The van der Waals surface area contributed by atoms with E-state index in [0.717, 1.165) is 49.8 Å². The first-order chi connectivity index (χ1) is 15.5. The van der Waals surface area contributed by atoms with E-state index in [1.54, 1.807) is 41.0 Å². The highest BCUT2D eigenvalue weighted by Crippen LogP contribution is 2.21. The standard InChI is InChI=1S/C25H29N3O4/c26-15-9-4-10-16-28-21-14-8-2-1-5-13-19(21)17-20(24(28)30)23(29)27-22(25(31)32)18-11-6-3-7-12-18/h3,6-7,11-12,17,22H,1-2,4-5,8-10,13-14,16H2,(H,27,29)(H,31,32). The zero-order valence-electron chi connectivity index (χ0n) is 18.2. The Morgan fingerprint density at radius 3 is 2.50 bits per heavy atom. The Kier molecular flexibility index (Phi) is 8.20. The lowest BCUT2D eigenvalue weighted by molar-refractivity contribution is -0.139. The molecule has 0 saturated carbocycles. The normalized spacial score (nSPS) is 14.3. The highest BCUT2D eigenvalue weighted by atomic mass is 16.4. The van der Waals surface area contributed by atoms with Crippen LogP contribution in [0, 0.1) is 11.3 Å². The van der Waals surface area contributed by atoms with Gasteiger partial charge < -0.3 is 15.0 Å². The first-order valence-electron chi connectivity index (χ1n) is 11.2. The molecule has 0 radical (unpaired) electrons. The van der Waals surface area contributed by atoms with Crippen LogP contribution in [-0.4, -0.2) is 21.6 Å². The summed E-state index contributed by atoms with van der Waals surface area (Å²) < 4.78 is 1.69. The van der Waals surface area contributed by atoms with Gasteiger partial charge in [-0.3, -0.25) is 9.59 Å². The van der Waals surface area contributed by atoms with Gasteiger partial charge in [0.2, 0.25) is 0 Å². The average molecular weight is 436 g/mol. The van der Waals surface area contributed by atoms with E-state index in [1.165, 1.54) is 0 Å². The van der Waals surface area contributed by atoms with Gasteiger partial charge in [-0.25, -0.2) is 4.79 Å². The van der Waals surface area contributed by atoms with Crippen molar-refractivity contribution in [3.8, 4) is 6.07 Å². The molecule has 3 rings (SSSR count). The minimum absolute atomic E-state index is 0.0215. The number of nitrogens with one attached hydrogen (secondary N) is 1. The Labute approximate surface area is 187 Å². The Bertz CT molecular complexity index is 1050. The van der Waals surface area contributed by atoms with Crippen LogP contribution >= 0.6 is 0 Å². The van der Waals surface area contributed by atoms with Crippen LogP contribution < -0.4 is 10.9 Å². The molecule has 1 amide bonds. The Balaban J connectivity index is 1.96. The highest BCUT2D eigenvalue weighted by Gasteiger charge is 2.26. The van der Waals surface area contributed by atoms with Crippen molar-refractivity contribution in [3.63, 3.8) is 0 Å². The molecule has 1 aromatic heterocycles. The van der Waals surface area contributed by atoms with Gasteiger partial charge in [0.15, 0.2) is 6.04 Å². The van der Waals surface area contributed by atoms with Gasteiger partial charge in [0.25, 0.3) is 11.5 Å². The number of aliphatic carboxylic acids is 1. The maximum Gasteiger partial charge on any atom is 0.330 e. The minimum Gasteiger partial charge on any atom is -0.479 e. The molecule has 1 aliphatic carbocycles. The number of carboxylic acid groups (broad SMARTS) is 1. The molecular weight excluding hydrogens is 406 g/mol. The fraction of sp³-hybridized carbons (Fsp3) is 0.440. The smallest absolute Gasteiger partial charge is 0.330 e. The lowest BCUT2D eigenvalue weighted by Crippen LogP contribution is -2.39. The van der Waals surface area contributed by atoms with Crippen molar-refractivity contribution in [2.45, 2.75) is 70.4 Å². The van der Waals surface area contributed by atoms with Crippen molar-refractivity contribution in [2.24, 2.45) is 0 Å². The average Bonchev–Trinajstić information content (AvgIpc) is 2.77. The van der Waals surface area contributed by atoms with Crippen LogP contribution in [0.1, 0.15) is 78.2 Å². The summed E-state index contributed by atoms with van der Waals surface area (Å²) in [6.45, 7) is 0.449. The predicted molar refractivity (Wildman–Crippen MR) is 120 cm³/mol. The molecule has 0 bridgehead atoms. The van der Waals surface area contributed by atoms with Gasteiger partial charge in [0, 0.05) is 18.7 Å². The summed E-state index contributed by atoms with van der Waals surface area (Å²) in [5.41, 5.74) is 1.99. The van der Waals surface area contributed by atoms with Crippen LogP contribution in [0.5, 0.6) is 0 Å². The van der Waals surface area contributed by atoms with Crippen LogP contribution in [0.2, 0.25) is 0 Å². The number of hydrogen-bond acceptors (Lipinski definition) is 4. The number of nitriles is 1. The molecule has 0 saturated heterocycles.